The third-order valence-corrected chi connectivity index (χ3v) is 2.81. The number of nitriles is 1. The number of anilines is 1. The van der Waals surface area contributed by atoms with Crippen molar-refractivity contribution in [2.45, 2.75) is 19.0 Å². The normalized spacial score (nSPS) is 11.4. The van der Waals surface area contributed by atoms with Crippen LogP contribution < -0.4 is 5.32 Å². The van der Waals surface area contributed by atoms with E-state index in [1.807, 2.05) is 14.1 Å². The van der Waals surface area contributed by atoms with Gasteiger partial charge >= 0.3 is 6.18 Å². The van der Waals surface area contributed by atoms with E-state index in [2.05, 4.69) is 10.2 Å². The van der Waals surface area contributed by atoms with Crippen LogP contribution >= 0.6 is 0 Å². The molecular formula is C14H18F3N3. The van der Waals surface area contributed by atoms with Gasteiger partial charge in [-0.2, -0.15) is 18.4 Å². The van der Waals surface area contributed by atoms with Crippen molar-refractivity contribution >= 4 is 5.69 Å². The van der Waals surface area contributed by atoms with Gasteiger partial charge in [0.2, 0.25) is 0 Å². The third kappa shape index (κ3) is 5.10. The van der Waals surface area contributed by atoms with E-state index in [1.165, 1.54) is 12.1 Å². The highest BCUT2D eigenvalue weighted by Crippen LogP contribution is 2.33. The summed E-state index contributed by atoms with van der Waals surface area (Å²) < 4.78 is 38.3. The van der Waals surface area contributed by atoms with Crippen LogP contribution in [0.5, 0.6) is 0 Å². The first-order valence-electron chi connectivity index (χ1n) is 6.34. The molecule has 20 heavy (non-hydrogen) atoms. The van der Waals surface area contributed by atoms with Gasteiger partial charge in [-0.1, -0.05) is 0 Å². The zero-order chi connectivity index (χ0) is 15.2. The standard InChI is InChI=1S/C14H18F3N3/c1-20(2)8-4-3-7-19-12-6-5-11(10-18)13(9-12)14(15,16)17/h5-6,9,19H,3-4,7-8H2,1-2H3. The Labute approximate surface area is 117 Å². The van der Waals surface area contributed by atoms with Crippen molar-refractivity contribution in [3.05, 3.63) is 29.3 Å². The second-order valence-electron chi connectivity index (χ2n) is 4.81. The number of nitrogens with zero attached hydrogens (tertiary/aromatic N) is 2. The minimum atomic E-state index is -4.51. The highest BCUT2D eigenvalue weighted by atomic mass is 19.4. The molecule has 0 saturated carbocycles. The van der Waals surface area contributed by atoms with E-state index in [0.29, 0.717) is 12.2 Å². The van der Waals surface area contributed by atoms with Crippen molar-refractivity contribution in [3.8, 4) is 6.07 Å². The fourth-order valence-corrected chi connectivity index (χ4v) is 1.77. The fraction of sp³-hybridized carbons (Fsp3) is 0.500. The Kier molecular flexibility index (Phi) is 5.83. The van der Waals surface area contributed by atoms with E-state index >= 15 is 0 Å². The number of nitrogens with one attached hydrogen (secondary N) is 1. The summed E-state index contributed by atoms with van der Waals surface area (Å²) in [6.45, 7) is 1.56. The predicted octanol–water partition coefficient (Wildman–Crippen LogP) is 3.33. The monoisotopic (exact) mass is 285 g/mol. The molecule has 1 N–H and O–H groups in total. The van der Waals surface area contributed by atoms with Crippen molar-refractivity contribution in [2.75, 3.05) is 32.5 Å². The predicted molar refractivity (Wildman–Crippen MR) is 72.4 cm³/mol. The number of alkyl halides is 3. The van der Waals surface area contributed by atoms with E-state index in [4.69, 9.17) is 5.26 Å². The zero-order valence-electron chi connectivity index (χ0n) is 11.6. The van der Waals surface area contributed by atoms with Gasteiger partial charge in [0.05, 0.1) is 17.2 Å². The second kappa shape index (κ2) is 7.15. The molecule has 0 radical (unpaired) electrons. The molecule has 6 heteroatoms. The second-order valence-corrected chi connectivity index (χ2v) is 4.81. The van der Waals surface area contributed by atoms with Gasteiger partial charge in [0, 0.05) is 12.2 Å². The number of hydrogen-bond donors (Lipinski definition) is 1. The van der Waals surface area contributed by atoms with E-state index in [0.717, 1.165) is 25.5 Å². The smallest absolute Gasteiger partial charge is 0.385 e. The summed E-state index contributed by atoms with van der Waals surface area (Å²) in [6.07, 6.45) is -2.66. The largest absolute Gasteiger partial charge is 0.417 e. The fourth-order valence-electron chi connectivity index (χ4n) is 1.77. The Morgan fingerprint density at radius 1 is 1.25 bits per heavy atom. The molecule has 0 bridgehead atoms. The quantitative estimate of drug-likeness (QED) is 0.815. The summed E-state index contributed by atoms with van der Waals surface area (Å²) in [5.74, 6) is 0. The maximum atomic E-state index is 12.8. The Balaban J connectivity index is 2.62. The van der Waals surface area contributed by atoms with Crippen LogP contribution in [0.1, 0.15) is 24.0 Å². The number of benzene rings is 1. The molecule has 0 aliphatic heterocycles. The van der Waals surface area contributed by atoms with Gasteiger partial charge in [-0.25, -0.2) is 0 Å². The average molecular weight is 285 g/mol. The zero-order valence-corrected chi connectivity index (χ0v) is 11.6. The molecule has 3 nitrogen and oxygen atoms in total. The summed E-state index contributed by atoms with van der Waals surface area (Å²) in [5.41, 5.74) is -0.852. The SMILES string of the molecule is CN(C)CCCCNc1ccc(C#N)c(C(F)(F)F)c1. The molecule has 0 atom stereocenters. The molecular weight excluding hydrogens is 267 g/mol. The van der Waals surface area contributed by atoms with Gasteiger partial charge in [0.25, 0.3) is 0 Å². The van der Waals surface area contributed by atoms with Gasteiger partial charge in [-0.15, -0.1) is 0 Å². The van der Waals surface area contributed by atoms with Crippen LogP contribution in [0.25, 0.3) is 0 Å². The minimum absolute atomic E-state index is 0.351. The maximum Gasteiger partial charge on any atom is 0.417 e. The molecule has 110 valence electrons. The molecule has 0 spiro atoms. The van der Waals surface area contributed by atoms with Gasteiger partial charge in [-0.3, -0.25) is 0 Å². The lowest BCUT2D eigenvalue weighted by atomic mass is 10.1. The average Bonchev–Trinajstić information content (AvgIpc) is 2.36. The molecule has 0 saturated heterocycles. The first kappa shape index (κ1) is 16.3. The first-order valence-corrected chi connectivity index (χ1v) is 6.34. The molecule has 1 rings (SSSR count). The van der Waals surface area contributed by atoms with Crippen LogP contribution in [0.2, 0.25) is 0 Å². The van der Waals surface area contributed by atoms with Crippen molar-refractivity contribution < 1.29 is 13.2 Å². The summed E-state index contributed by atoms with van der Waals surface area (Å²) in [4.78, 5) is 2.06. The van der Waals surface area contributed by atoms with Crippen molar-refractivity contribution in [3.63, 3.8) is 0 Å². The van der Waals surface area contributed by atoms with Gasteiger partial charge < -0.3 is 10.2 Å². The maximum absolute atomic E-state index is 12.8. The Morgan fingerprint density at radius 3 is 2.50 bits per heavy atom. The molecule has 0 fully saturated rings. The highest BCUT2D eigenvalue weighted by molar-refractivity contribution is 5.53. The molecule has 0 aliphatic rings. The van der Waals surface area contributed by atoms with Crippen LogP contribution in [0, 0.1) is 11.3 Å². The Hall–Kier alpha value is -1.74. The minimum Gasteiger partial charge on any atom is -0.385 e. The molecule has 0 aliphatic carbocycles. The Morgan fingerprint density at radius 2 is 1.95 bits per heavy atom. The summed E-state index contributed by atoms with van der Waals surface area (Å²) >= 11 is 0. The van der Waals surface area contributed by atoms with Gasteiger partial charge in [0.15, 0.2) is 0 Å². The number of rotatable bonds is 6. The number of hydrogen-bond acceptors (Lipinski definition) is 3. The molecule has 0 amide bonds. The number of unbranched alkanes of at least 4 members (excludes halogenated alkanes) is 1. The summed E-state index contributed by atoms with van der Waals surface area (Å²) in [7, 11) is 3.95. The van der Waals surface area contributed by atoms with E-state index < -0.39 is 11.7 Å². The van der Waals surface area contributed by atoms with E-state index in [-0.39, 0.29) is 5.56 Å². The van der Waals surface area contributed by atoms with Crippen LogP contribution in [-0.2, 0) is 6.18 Å². The number of halogens is 3. The molecule has 0 heterocycles. The lowest BCUT2D eigenvalue weighted by molar-refractivity contribution is -0.137. The first-order chi connectivity index (χ1) is 9.34. The molecule has 0 aromatic heterocycles. The molecule has 0 unspecified atom stereocenters. The summed E-state index contributed by atoms with van der Waals surface area (Å²) in [6, 6.07) is 5.25. The lowest BCUT2D eigenvalue weighted by Crippen LogP contribution is -2.14. The summed E-state index contributed by atoms with van der Waals surface area (Å²) in [5, 5.41) is 11.6. The van der Waals surface area contributed by atoms with Crippen molar-refractivity contribution in [2.24, 2.45) is 0 Å². The highest BCUT2D eigenvalue weighted by Gasteiger charge is 2.33. The Bertz CT molecular complexity index is 476. The van der Waals surface area contributed by atoms with Crippen LogP contribution in [0.15, 0.2) is 18.2 Å². The van der Waals surface area contributed by atoms with Crippen LogP contribution in [0.3, 0.4) is 0 Å². The van der Waals surface area contributed by atoms with Crippen molar-refractivity contribution in [1.29, 1.82) is 5.26 Å². The topological polar surface area (TPSA) is 39.1 Å². The molecule has 1 aromatic rings. The van der Waals surface area contributed by atoms with Crippen molar-refractivity contribution in [1.82, 2.24) is 4.90 Å². The van der Waals surface area contributed by atoms with E-state index in [9.17, 15) is 13.2 Å². The van der Waals surface area contributed by atoms with Crippen LogP contribution in [-0.4, -0.2) is 32.1 Å². The van der Waals surface area contributed by atoms with Gasteiger partial charge in [0.1, 0.15) is 0 Å². The van der Waals surface area contributed by atoms with Crippen LogP contribution in [0.4, 0.5) is 18.9 Å². The van der Waals surface area contributed by atoms with Gasteiger partial charge in [-0.05, 0) is 51.7 Å². The van der Waals surface area contributed by atoms with E-state index in [1.54, 1.807) is 6.07 Å². The molecule has 1 aromatic carbocycles. The third-order valence-electron chi connectivity index (χ3n) is 2.81. The lowest BCUT2D eigenvalue weighted by Gasteiger charge is -2.13.